The van der Waals surface area contributed by atoms with Crippen molar-refractivity contribution < 1.29 is 9.53 Å². The highest BCUT2D eigenvalue weighted by Gasteiger charge is 2.25. The minimum absolute atomic E-state index is 0.218. The molecular weight excluding hydrogens is 240 g/mol. The number of piperazine rings is 1. The summed E-state index contributed by atoms with van der Waals surface area (Å²) in [5, 5.41) is 0. The van der Waals surface area contributed by atoms with E-state index < -0.39 is 0 Å². The molecule has 112 valence electrons. The smallest absolute Gasteiger partial charge is 0.225 e. The first kappa shape index (κ1) is 16.4. The van der Waals surface area contributed by atoms with Crippen LogP contribution in [0, 0.1) is 5.92 Å². The molecule has 0 bridgehead atoms. The second kappa shape index (κ2) is 8.54. The van der Waals surface area contributed by atoms with Crippen LogP contribution >= 0.6 is 0 Å². The number of carbonyl (C=O) groups excluding carboxylic acids is 1. The Hall–Kier alpha value is -0.610. The van der Waals surface area contributed by atoms with Gasteiger partial charge in [0.15, 0.2) is 0 Å². The zero-order valence-electron chi connectivity index (χ0n) is 13.0. The first-order valence-electron chi connectivity index (χ1n) is 7.71. The lowest BCUT2D eigenvalue weighted by molar-refractivity contribution is -0.137. The van der Waals surface area contributed by atoms with Crippen molar-refractivity contribution in [2.45, 2.75) is 46.6 Å². The van der Waals surface area contributed by atoms with Crippen LogP contribution in [0.4, 0.5) is 0 Å². The summed E-state index contributed by atoms with van der Waals surface area (Å²) in [6, 6.07) is 0. The van der Waals surface area contributed by atoms with Crippen molar-refractivity contribution in [1.29, 1.82) is 0 Å². The molecule has 0 saturated carbocycles. The van der Waals surface area contributed by atoms with Crippen LogP contribution in [-0.2, 0) is 9.53 Å². The zero-order chi connectivity index (χ0) is 14.3. The highest BCUT2D eigenvalue weighted by molar-refractivity contribution is 5.78. The van der Waals surface area contributed by atoms with E-state index in [1.807, 2.05) is 4.90 Å². The van der Waals surface area contributed by atoms with Crippen LogP contribution in [0.25, 0.3) is 0 Å². The van der Waals surface area contributed by atoms with Crippen LogP contribution < -0.4 is 0 Å². The van der Waals surface area contributed by atoms with E-state index in [-0.39, 0.29) is 5.92 Å². The average Bonchev–Trinajstić information content (AvgIpc) is 2.40. The van der Waals surface area contributed by atoms with Crippen LogP contribution in [0.3, 0.4) is 0 Å². The molecule has 0 aromatic carbocycles. The normalized spacial score (nSPS) is 17.5. The van der Waals surface area contributed by atoms with Crippen LogP contribution in [0.5, 0.6) is 0 Å². The number of carbonyl (C=O) groups is 1. The van der Waals surface area contributed by atoms with Gasteiger partial charge in [0.05, 0.1) is 12.7 Å². The summed E-state index contributed by atoms with van der Waals surface area (Å²) < 4.78 is 5.57. The number of hydrogen-bond donors (Lipinski definition) is 0. The van der Waals surface area contributed by atoms with Gasteiger partial charge in [0.1, 0.15) is 0 Å². The van der Waals surface area contributed by atoms with Gasteiger partial charge in [-0.15, -0.1) is 0 Å². The highest BCUT2D eigenvalue weighted by atomic mass is 16.5. The standard InChI is InChI=1S/C15H30N2O2/c1-5-14(6-2)15(18)17-9-7-16(8-10-17)11-12-19-13(3)4/h13-14H,5-12H2,1-4H3. The van der Waals surface area contributed by atoms with Crippen LogP contribution in [-0.4, -0.2) is 61.1 Å². The SMILES string of the molecule is CCC(CC)C(=O)N1CCN(CCOC(C)C)CC1. The Balaban J connectivity index is 2.26. The fourth-order valence-corrected chi connectivity index (χ4v) is 2.51. The van der Waals surface area contributed by atoms with E-state index in [9.17, 15) is 4.79 Å². The summed E-state index contributed by atoms with van der Waals surface area (Å²) in [6.07, 6.45) is 2.22. The third-order valence-electron chi connectivity index (χ3n) is 3.88. The molecule has 1 aliphatic rings. The molecule has 0 aromatic rings. The van der Waals surface area contributed by atoms with E-state index in [0.29, 0.717) is 12.0 Å². The third-order valence-corrected chi connectivity index (χ3v) is 3.88. The number of amides is 1. The van der Waals surface area contributed by atoms with E-state index in [2.05, 4.69) is 32.6 Å². The second-order valence-corrected chi connectivity index (χ2v) is 5.60. The number of nitrogens with zero attached hydrogens (tertiary/aromatic N) is 2. The Labute approximate surface area is 118 Å². The summed E-state index contributed by atoms with van der Waals surface area (Å²) in [4.78, 5) is 16.7. The number of rotatable bonds is 7. The summed E-state index contributed by atoms with van der Waals surface area (Å²) in [5.74, 6) is 0.568. The van der Waals surface area contributed by atoms with E-state index in [1.165, 1.54) is 0 Å². The molecule has 1 fully saturated rings. The molecule has 4 nitrogen and oxygen atoms in total. The molecule has 0 aliphatic carbocycles. The maximum absolute atomic E-state index is 12.3. The zero-order valence-corrected chi connectivity index (χ0v) is 13.0. The number of hydrogen-bond acceptors (Lipinski definition) is 3. The Bertz CT molecular complexity index is 257. The molecule has 0 unspecified atom stereocenters. The summed E-state index contributed by atoms with van der Waals surface area (Å²) in [6.45, 7) is 13.8. The first-order chi connectivity index (χ1) is 9.08. The summed E-state index contributed by atoms with van der Waals surface area (Å²) in [5.41, 5.74) is 0. The Morgan fingerprint density at radius 2 is 1.68 bits per heavy atom. The molecule has 4 heteroatoms. The van der Waals surface area contributed by atoms with E-state index >= 15 is 0 Å². The molecule has 0 spiro atoms. The van der Waals surface area contributed by atoms with Crippen molar-refractivity contribution in [2.75, 3.05) is 39.3 Å². The van der Waals surface area contributed by atoms with Gasteiger partial charge in [0, 0.05) is 38.6 Å². The number of ether oxygens (including phenoxy) is 1. The molecular formula is C15H30N2O2. The average molecular weight is 270 g/mol. The van der Waals surface area contributed by atoms with Gasteiger partial charge in [-0.25, -0.2) is 0 Å². The maximum atomic E-state index is 12.3. The van der Waals surface area contributed by atoms with Gasteiger partial charge in [0.25, 0.3) is 0 Å². The minimum atomic E-state index is 0.218. The fourth-order valence-electron chi connectivity index (χ4n) is 2.51. The summed E-state index contributed by atoms with van der Waals surface area (Å²) >= 11 is 0. The molecule has 1 rings (SSSR count). The van der Waals surface area contributed by atoms with Crippen molar-refractivity contribution in [3.05, 3.63) is 0 Å². The molecule has 19 heavy (non-hydrogen) atoms. The molecule has 1 amide bonds. The first-order valence-corrected chi connectivity index (χ1v) is 7.71. The quantitative estimate of drug-likeness (QED) is 0.709. The minimum Gasteiger partial charge on any atom is -0.377 e. The second-order valence-electron chi connectivity index (χ2n) is 5.60. The lowest BCUT2D eigenvalue weighted by atomic mass is 10.0. The van der Waals surface area contributed by atoms with Gasteiger partial charge in [-0.1, -0.05) is 13.8 Å². The van der Waals surface area contributed by atoms with Crippen molar-refractivity contribution in [2.24, 2.45) is 5.92 Å². The van der Waals surface area contributed by atoms with Crippen molar-refractivity contribution >= 4 is 5.91 Å². The Morgan fingerprint density at radius 3 is 2.16 bits per heavy atom. The van der Waals surface area contributed by atoms with Gasteiger partial charge in [-0.3, -0.25) is 9.69 Å². The van der Waals surface area contributed by atoms with Crippen LogP contribution in [0.1, 0.15) is 40.5 Å². The van der Waals surface area contributed by atoms with E-state index in [4.69, 9.17) is 4.74 Å². The van der Waals surface area contributed by atoms with E-state index in [1.54, 1.807) is 0 Å². The molecule has 0 N–H and O–H groups in total. The van der Waals surface area contributed by atoms with Crippen molar-refractivity contribution in [1.82, 2.24) is 9.80 Å². The van der Waals surface area contributed by atoms with Crippen LogP contribution in [0.2, 0.25) is 0 Å². The summed E-state index contributed by atoms with van der Waals surface area (Å²) in [7, 11) is 0. The largest absolute Gasteiger partial charge is 0.377 e. The Kier molecular flexibility index (Phi) is 7.39. The fraction of sp³-hybridized carbons (Fsp3) is 0.933. The molecule has 0 radical (unpaired) electrons. The topological polar surface area (TPSA) is 32.8 Å². The van der Waals surface area contributed by atoms with Crippen LogP contribution in [0.15, 0.2) is 0 Å². The van der Waals surface area contributed by atoms with Crippen molar-refractivity contribution in [3.63, 3.8) is 0 Å². The van der Waals surface area contributed by atoms with Gasteiger partial charge in [-0.2, -0.15) is 0 Å². The Morgan fingerprint density at radius 1 is 1.11 bits per heavy atom. The monoisotopic (exact) mass is 270 g/mol. The van der Waals surface area contributed by atoms with Crippen molar-refractivity contribution in [3.8, 4) is 0 Å². The maximum Gasteiger partial charge on any atom is 0.225 e. The molecule has 1 saturated heterocycles. The lowest BCUT2D eigenvalue weighted by Crippen LogP contribution is -2.50. The van der Waals surface area contributed by atoms with Gasteiger partial charge >= 0.3 is 0 Å². The predicted octanol–water partition coefficient (Wildman–Crippen LogP) is 1.99. The van der Waals surface area contributed by atoms with Gasteiger partial charge in [0.2, 0.25) is 5.91 Å². The molecule has 1 heterocycles. The predicted molar refractivity (Wildman–Crippen MR) is 78.2 cm³/mol. The molecule has 0 aromatic heterocycles. The van der Waals surface area contributed by atoms with E-state index in [0.717, 1.165) is 52.2 Å². The molecule has 0 atom stereocenters. The lowest BCUT2D eigenvalue weighted by Gasteiger charge is -2.36. The molecule has 1 aliphatic heterocycles. The van der Waals surface area contributed by atoms with Gasteiger partial charge < -0.3 is 9.64 Å². The highest BCUT2D eigenvalue weighted by Crippen LogP contribution is 2.13. The van der Waals surface area contributed by atoms with Gasteiger partial charge in [-0.05, 0) is 26.7 Å². The third kappa shape index (κ3) is 5.49.